The van der Waals surface area contributed by atoms with Crippen LogP contribution < -0.4 is 5.32 Å². The number of carbonyl (C=O) groups excluding carboxylic acids is 1. The molecule has 1 atom stereocenters. The molecule has 0 fully saturated rings. The monoisotopic (exact) mass is 378 g/mol. The third-order valence-electron chi connectivity index (χ3n) is 4.10. The second-order valence-corrected chi connectivity index (χ2v) is 8.05. The molecule has 7 heteroatoms. The summed E-state index contributed by atoms with van der Waals surface area (Å²) in [6.07, 6.45) is 1.19. The van der Waals surface area contributed by atoms with Crippen LogP contribution in [0.1, 0.15) is 30.5 Å². The molecule has 0 aromatic heterocycles. The van der Waals surface area contributed by atoms with Crippen molar-refractivity contribution in [2.75, 3.05) is 12.8 Å². The SMILES string of the molecule is CC(c1ccccc1)N(CCC(=O)NCc1ccc(F)cc1)S(C)(=O)=O. The van der Waals surface area contributed by atoms with Crippen molar-refractivity contribution in [3.8, 4) is 0 Å². The molecule has 0 spiro atoms. The van der Waals surface area contributed by atoms with Crippen LogP contribution in [0.5, 0.6) is 0 Å². The topological polar surface area (TPSA) is 66.5 Å². The largest absolute Gasteiger partial charge is 0.352 e. The van der Waals surface area contributed by atoms with Gasteiger partial charge in [-0.15, -0.1) is 0 Å². The van der Waals surface area contributed by atoms with Crippen LogP contribution in [0, 0.1) is 5.82 Å². The molecular weight excluding hydrogens is 355 g/mol. The van der Waals surface area contributed by atoms with E-state index in [0.717, 1.165) is 17.4 Å². The average Bonchev–Trinajstić information content (AvgIpc) is 2.61. The van der Waals surface area contributed by atoms with Gasteiger partial charge in [0, 0.05) is 25.6 Å². The summed E-state index contributed by atoms with van der Waals surface area (Å²) < 4.78 is 38.4. The van der Waals surface area contributed by atoms with Crippen LogP contribution in [-0.4, -0.2) is 31.4 Å². The maximum atomic E-state index is 12.9. The predicted molar refractivity (Wildman–Crippen MR) is 99.3 cm³/mol. The summed E-state index contributed by atoms with van der Waals surface area (Å²) in [6, 6.07) is 14.8. The van der Waals surface area contributed by atoms with E-state index >= 15 is 0 Å². The number of amides is 1. The first-order chi connectivity index (χ1) is 12.3. The highest BCUT2D eigenvalue weighted by Crippen LogP contribution is 2.22. The number of sulfonamides is 1. The Morgan fingerprint density at radius 3 is 2.31 bits per heavy atom. The summed E-state index contributed by atoms with van der Waals surface area (Å²) in [5.41, 5.74) is 1.64. The van der Waals surface area contributed by atoms with Gasteiger partial charge >= 0.3 is 0 Å². The third-order valence-corrected chi connectivity index (χ3v) is 5.45. The van der Waals surface area contributed by atoms with Gasteiger partial charge in [0.25, 0.3) is 0 Å². The summed E-state index contributed by atoms with van der Waals surface area (Å²) in [5, 5.41) is 2.72. The smallest absolute Gasteiger partial charge is 0.221 e. The summed E-state index contributed by atoms with van der Waals surface area (Å²) in [6.45, 7) is 2.16. The molecule has 0 bridgehead atoms. The van der Waals surface area contributed by atoms with Crippen LogP contribution in [0.25, 0.3) is 0 Å². The zero-order chi connectivity index (χ0) is 19.2. The molecule has 5 nitrogen and oxygen atoms in total. The van der Waals surface area contributed by atoms with Crippen molar-refractivity contribution >= 4 is 15.9 Å². The van der Waals surface area contributed by atoms with Gasteiger partial charge in [0.05, 0.1) is 6.26 Å². The number of hydrogen-bond donors (Lipinski definition) is 1. The molecule has 1 unspecified atom stereocenters. The van der Waals surface area contributed by atoms with Gasteiger partial charge in [-0.05, 0) is 30.2 Å². The number of nitrogens with one attached hydrogen (secondary N) is 1. The first-order valence-corrected chi connectivity index (χ1v) is 10.1. The number of nitrogens with zero attached hydrogens (tertiary/aromatic N) is 1. The van der Waals surface area contributed by atoms with Gasteiger partial charge in [-0.3, -0.25) is 4.79 Å². The third kappa shape index (κ3) is 5.93. The minimum absolute atomic E-state index is 0.0471. The molecule has 2 rings (SSSR count). The van der Waals surface area contributed by atoms with Crippen molar-refractivity contribution < 1.29 is 17.6 Å². The molecule has 0 heterocycles. The number of rotatable bonds is 8. The summed E-state index contributed by atoms with van der Waals surface area (Å²) in [5.74, 6) is -0.595. The van der Waals surface area contributed by atoms with Gasteiger partial charge in [-0.25, -0.2) is 12.8 Å². The molecule has 0 saturated carbocycles. The lowest BCUT2D eigenvalue weighted by atomic mass is 10.1. The van der Waals surface area contributed by atoms with E-state index in [0.29, 0.717) is 0 Å². The Balaban J connectivity index is 1.94. The molecule has 0 radical (unpaired) electrons. The molecule has 0 saturated heterocycles. The van der Waals surface area contributed by atoms with E-state index in [2.05, 4.69) is 5.32 Å². The lowest BCUT2D eigenvalue weighted by Gasteiger charge is -2.27. The first kappa shape index (κ1) is 20.1. The van der Waals surface area contributed by atoms with E-state index in [4.69, 9.17) is 0 Å². The van der Waals surface area contributed by atoms with E-state index in [-0.39, 0.29) is 37.3 Å². The highest BCUT2D eigenvalue weighted by Gasteiger charge is 2.24. The molecule has 1 amide bonds. The Morgan fingerprint density at radius 2 is 1.73 bits per heavy atom. The molecule has 2 aromatic rings. The van der Waals surface area contributed by atoms with E-state index < -0.39 is 10.0 Å². The molecule has 0 aliphatic carbocycles. The van der Waals surface area contributed by atoms with Gasteiger partial charge in [0.15, 0.2) is 0 Å². The predicted octanol–water partition coefficient (Wildman–Crippen LogP) is 2.85. The first-order valence-electron chi connectivity index (χ1n) is 8.30. The van der Waals surface area contributed by atoms with Crippen molar-refractivity contribution in [2.24, 2.45) is 0 Å². The highest BCUT2D eigenvalue weighted by molar-refractivity contribution is 7.88. The van der Waals surface area contributed by atoms with Gasteiger partial charge in [-0.2, -0.15) is 4.31 Å². The Kier molecular flexibility index (Phi) is 6.88. The zero-order valence-corrected chi connectivity index (χ0v) is 15.7. The summed E-state index contributed by atoms with van der Waals surface area (Å²) in [7, 11) is -3.47. The van der Waals surface area contributed by atoms with Gasteiger partial charge in [0.2, 0.25) is 15.9 Å². The van der Waals surface area contributed by atoms with E-state index in [1.54, 1.807) is 19.1 Å². The normalized spacial score (nSPS) is 12.8. The van der Waals surface area contributed by atoms with Crippen molar-refractivity contribution in [1.82, 2.24) is 9.62 Å². The minimum atomic E-state index is -3.47. The number of carbonyl (C=O) groups is 1. The number of hydrogen-bond acceptors (Lipinski definition) is 3. The fourth-order valence-corrected chi connectivity index (χ4v) is 3.77. The van der Waals surface area contributed by atoms with Crippen LogP contribution >= 0.6 is 0 Å². The Labute approximate surface area is 153 Å². The molecule has 0 aliphatic rings. The number of benzene rings is 2. The van der Waals surface area contributed by atoms with Crippen molar-refractivity contribution in [3.63, 3.8) is 0 Å². The number of halogens is 1. The summed E-state index contributed by atoms with van der Waals surface area (Å²) >= 11 is 0. The van der Waals surface area contributed by atoms with E-state index in [1.807, 2.05) is 30.3 Å². The standard InChI is InChI=1S/C19H23FN2O3S/c1-15(17-6-4-3-5-7-17)22(26(2,24)25)13-12-19(23)21-14-16-8-10-18(20)11-9-16/h3-11,15H,12-14H2,1-2H3,(H,21,23). The van der Waals surface area contributed by atoms with Crippen LogP contribution in [0.2, 0.25) is 0 Å². The molecule has 26 heavy (non-hydrogen) atoms. The molecule has 140 valence electrons. The zero-order valence-electron chi connectivity index (χ0n) is 14.9. The minimum Gasteiger partial charge on any atom is -0.352 e. The Bertz CT molecular complexity index is 824. The lowest BCUT2D eigenvalue weighted by molar-refractivity contribution is -0.121. The molecular formula is C19H23FN2O3S. The second-order valence-electron chi connectivity index (χ2n) is 6.11. The van der Waals surface area contributed by atoms with Gasteiger partial charge < -0.3 is 5.32 Å². The van der Waals surface area contributed by atoms with Crippen molar-refractivity contribution in [2.45, 2.75) is 25.9 Å². The molecule has 0 aliphatic heterocycles. The molecule has 2 aromatic carbocycles. The quantitative estimate of drug-likeness (QED) is 0.768. The van der Waals surface area contributed by atoms with Crippen molar-refractivity contribution in [1.29, 1.82) is 0 Å². The highest BCUT2D eigenvalue weighted by atomic mass is 32.2. The lowest BCUT2D eigenvalue weighted by Crippen LogP contribution is -2.36. The van der Waals surface area contributed by atoms with E-state index in [9.17, 15) is 17.6 Å². The fraction of sp³-hybridized carbons (Fsp3) is 0.316. The second kappa shape index (κ2) is 8.91. The van der Waals surface area contributed by atoms with Gasteiger partial charge in [0.1, 0.15) is 5.82 Å². The van der Waals surface area contributed by atoms with Crippen LogP contribution in [0.15, 0.2) is 54.6 Å². The van der Waals surface area contributed by atoms with Crippen LogP contribution in [-0.2, 0) is 21.4 Å². The maximum Gasteiger partial charge on any atom is 0.221 e. The Morgan fingerprint density at radius 1 is 1.12 bits per heavy atom. The molecule has 1 N–H and O–H groups in total. The van der Waals surface area contributed by atoms with Crippen molar-refractivity contribution in [3.05, 3.63) is 71.5 Å². The summed E-state index contributed by atoms with van der Waals surface area (Å²) in [4.78, 5) is 12.1. The van der Waals surface area contributed by atoms with Gasteiger partial charge in [-0.1, -0.05) is 42.5 Å². The van der Waals surface area contributed by atoms with Crippen LogP contribution in [0.4, 0.5) is 4.39 Å². The van der Waals surface area contributed by atoms with E-state index in [1.165, 1.54) is 16.4 Å². The van der Waals surface area contributed by atoms with Crippen LogP contribution in [0.3, 0.4) is 0 Å². The fourth-order valence-electron chi connectivity index (χ4n) is 2.65. The maximum absolute atomic E-state index is 12.9. The Hall–Kier alpha value is -2.25. The average molecular weight is 378 g/mol.